The van der Waals surface area contributed by atoms with Crippen LogP contribution in [-0.4, -0.2) is 41.8 Å². The Morgan fingerprint density at radius 3 is 2.70 bits per heavy atom. The van der Waals surface area contributed by atoms with Gasteiger partial charge >= 0.3 is 6.03 Å². The highest BCUT2D eigenvalue weighted by Crippen LogP contribution is 2.23. The number of hydrogen-bond donors (Lipinski definition) is 1. The van der Waals surface area contributed by atoms with Crippen LogP contribution in [-0.2, 0) is 6.42 Å². The number of likely N-dealkylation sites (N-methyl/N-ethyl adjacent to an activating group) is 1. The van der Waals surface area contributed by atoms with Gasteiger partial charge in [-0.1, -0.05) is 28.9 Å². The van der Waals surface area contributed by atoms with Gasteiger partial charge in [-0.15, -0.1) is 0 Å². The summed E-state index contributed by atoms with van der Waals surface area (Å²) in [5, 5.41) is 7.42. The number of anilines is 1. The highest BCUT2D eigenvalue weighted by Gasteiger charge is 2.14. The van der Waals surface area contributed by atoms with Gasteiger partial charge in [-0.3, -0.25) is 0 Å². The molecule has 0 spiro atoms. The number of carbonyl (C=O) groups is 1. The second-order valence-corrected chi connectivity index (χ2v) is 6.26. The van der Waals surface area contributed by atoms with Crippen LogP contribution in [0.15, 0.2) is 53.1 Å². The minimum absolute atomic E-state index is 0.249. The number of nitrogens with zero attached hydrogens (tertiary/aromatic N) is 3. The fraction of sp³-hybridized carbons (Fsp3) is 0.211. The van der Waals surface area contributed by atoms with Crippen molar-refractivity contribution in [2.24, 2.45) is 0 Å². The van der Waals surface area contributed by atoms with Crippen molar-refractivity contribution in [3.63, 3.8) is 0 Å². The van der Waals surface area contributed by atoms with E-state index < -0.39 is 0 Å². The molecule has 0 aliphatic heterocycles. The number of para-hydroxylation sites is 2. The molecule has 0 fully saturated rings. The predicted molar refractivity (Wildman–Crippen MR) is 103 cm³/mol. The quantitative estimate of drug-likeness (QED) is 0.689. The zero-order valence-electron chi connectivity index (χ0n) is 15.0. The van der Waals surface area contributed by atoms with E-state index in [4.69, 9.17) is 20.9 Å². The molecular weight excluding hydrogens is 368 g/mol. The summed E-state index contributed by atoms with van der Waals surface area (Å²) in [5.41, 5.74) is 1.40. The van der Waals surface area contributed by atoms with E-state index in [1.54, 1.807) is 43.3 Å². The maximum absolute atomic E-state index is 12.3. The molecule has 8 heteroatoms. The number of rotatable bonds is 6. The zero-order valence-corrected chi connectivity index (χ0v) is 15.7. The molecule has 27 heavy (non-hydrogen) atoms. The van der Waals surface area contributed by atoms with Gasteiger partial charge in [0.25, 0.3) is 5.89 Å². The minimum atomic E-state index is -0.249. The normalized spacial score (nSPS) is 10.5. The molecule has 2 aromatic carbocycles. The summed E-state index contributed by atoms with van der Waals surface area (Å²) in [6.45, 7) is 0.431. The lowest BCUT2D eigenvalue weighted by molar-refractivity contribution is 0.222. The Balaban J connectivity index is 1.56. The highest BCUT2D eigenvalue weighted by molar-refractivity contribution is 6.30. The van der Waals surface area contributed by atoms with Crippen LogP contribution in [0.5, 0.6) is 5.75 Å². The predicted octanol–water partition coefficient (Wildman–Crippen LogP) is 4.11. The first kappa shape index (κ1) is 18.7. The molecule has 0 aliphatic rings. The Hall–Kier alpha value is -3.06. The number of aromatic nitrogens is 2. The lowest BCUT2D eigenvalue weighted by Gasteiger charge is -2.18. The number of ether oxygens (including phenoxy) is 1. The fourth-order valence-corrected chi connectivity index (χ4v) is 2.52. The zero-order chi connectivity index (χ0) is 19.2. The second kappa shape index (κ2) is 8.55. The lowest BCUT2D eigenvalue weighted by atomic mass is 10.2. The second-order valence-electron chi connectivity index (χ2n) is 5.82. The molecule has 2 amide bonds. The van der Waals surface area contributed by atoms with E-state index >= 15 is 0 Å². The van der Waals surface area contributed by atoms with Gasteiger partial charge in [0.05, 0.1) is 12.8 Å². The summed E-state index contributed by atoms with van der Waals surface area (Å²) in [7, 11) is 3.26. The maximum Gasteiger partial charge on any atom is 0.321 e. The summed E-state index contributed by atoms with van der Waals surface area (Å²) in [4.78, 5) is 18.2. The Morgan fingerprint density at radius 2 is 1.96 bits per heavy atom. The maximum atomic E-state index is 12.3. The van der Waals surface area contributed by atoms with Gasteiger partial charge in [-0.2, -0.15) is 4.98 Å². The van der Waals surface area contributed by atoms with Crippen LogP contribution in [0.1, 0.15) is 5.82 Å². The molecular formula is C19H19ClN4O3. The third kappa shape index (κ3) is 4.77. The number of nitrogens with one attached hydrogen (secondary N) is 1. The molecule has 3 aromatic rings. The van der Waals surface area contributed by atoms with Gasteiger partial charge in [-0.05, 0) is 36.4 Å². The van der Waals surface area contributed by atoms with E-state index in [9.17, 15) is 4.79 Å². The highest BCUT2D eigenvalue weighted by atomic mass is 35.5. The topological polar surface area (TPSA) is 80.5 Å². The smallest absolute Gasteiger partial charge is 0.321 e. The van der Waals surface area contributed by atoms with Crippen LogP contribution in [0.2, 0.25) is 5.02 Å². The molecule has 1 heterocycles. The van der Waals surface area contributed by atoms with Gasteiger partial charge in [0.15, 0.2) is 5.82 Å². The van der Waals surface area contributed by atoms with Crippen LogP contribution < -0.4 is 10.1 Å². The number of methoxy groups -OCH3 is 1. The number of carbonyl (C=O) groups excluding carboxylic acids is 1. The van der Waals surface area contributed by atoms with Crippen molar-refractivity contribution in [2.45, 2.75) is 6.42 Å². The van der Waals surface area contributed by atoms with Crippen LogP contribution in [0.3, 0.4) is 0 Å². The van der Waals surface area contributed by atoms with Crippen molar-refractivity contribution in [1.29, 1.82) is 0 Å². The Labute approximate surface area is 161 Å². The molecule has 3 rings (SSSR count). The minimum Gasteiger partial charge on any atom is -0.495 e. The number of benzene rings is 2. The summed E-state index contributed by atoms with van der Waals surface area (Å²) >= 11 is 5.88. The van der Waals surface area contributed by atoms with E-state index in [-0.39, 0.29) is 6.03 Å². The van der Waals surface area contributed by atoms with Gasteiger partial charge in [0.2, 0.25) is 0 Å². The Morgan fingerprint density at radius 1 is 1.22 bits per heavy atom. The van der Waals surface area contributed by atoms with Crippen molar-refractivity contribution in [3.8, 4) is 17.2 Å². The van der Waals surface area contributed by atoms with Gasteiger partial charge < -0.3 is 19.5 Å². The molecule has 0 atom stereocenters. The number of hydrogen-bond acceptors (Lipinski definition) is 5. The first-order valence-corrected chi connectivity index (χ1v) is 8.68. The molecule has 0 radical (unpaired) electrons. The first-order valence-electron chi connectivity index (χ1n) is 8.30. The SMILES string of the molecule is COc1ccccc1NC(=O)N(C)CCc1noc(-c2ccc(Cl)cc2)n1. The van der Waals surface area contributed by atoms with Crippen molar-refractivity contribution in [3.05, 3.63) is 59.4 Å². The molecule has 0 saturated carbocycles. The molecule has 140 valence electrons. The third-order valence-corrected chi connectivity index (χ3v) is 4.18. The third-order valence-electron chi connectivity index (χ3n) is 3.93. The standard InChI is InChI=1S/C19H19ClN4O3/c1-24(19(25)21-15-5-3-4-6-16(15)26-2)12-11-17-22-18(27-23-17)13-7-9-14(20)10-8-13/h3-10H,11-12H2,1-2H3,(H,21,25). The summed E-state index contributed by atoms with van der Waals surface area (Å²) < 4.78 is 10.5. The number of urea groups is 1. The molecule has 1 N–H and O–H groups in total. The van der Waals surface area contributed by atoms with E-state index in [1.165, 1.54) is 0 Å². The lowest BCUT2D eigenvalue weighted by Crippen LogP contribution is -2.33. The van der Waals surface area contributed by atoms with Crippen molar-refractivity contribution in [2.75, 3.05) is 26.0 Å². The largest absolute Gasteiger partial charge is 0.495 e. The molecule has 0 unspecified atom stereocenters. The molecule has 0 saturated heterocycles. The van der Waals surface area contributed by atoms with Crippen molar-refractivity contribution >= 4 is 23.3 Å². The Kier molecular flexibility index (Phi) is 5.93. The van der Waals surface area contributed by atoms with Gasteiger partial charge in [0.1, 0.15) is 5.75 Å². The van der Waals surface area contributed by atoms with Crippen molar-refractivity contribution < 1.29 is 14.1 Å². The van der Waals surface area contributed by atoms with Gasteiger partial charge in [-0.25, -0.2) is 4.79 Å². The van der Waals surface area contributed by atoms with Crippen LogP contribution in [0.4, 0.5) is 10.5 Å². The average molecular weight is 387 g/mol. The monoisotopic (exact) mass is 386 g/mol. The molecule has 0 bridgehead atoms. The Bertz CT molecular complexity index is 911. The number of amides is 2. The summed E-state index contributed by atoms with van der Waals surface area (Å²) in [5.74, 6) is 1.55. The fourth-order valence-electron chi connectivity index (χ4n) is 2.39. The molecule has 7 nitrogen and oxygen atoms in total. The van der Waals surface area contributed by atoms with Crippen LogP contribution >= 0.6 is 11.6 Å². The van der Waals surface area contributed by atoms with E-state index in [1.807, 2.05) is 24.3 Å². The van der Waals surface area contributed by atoms with Crippen molar-refractivity contribution in [1.82, 2.24) is 15.0 Å². The molecule has 0 aliphatic carbocycles. The van der Waals surface area contributed by atoms with E-state index in [0.717, 1.165) is 5.56 Å². The van der Waals surface area contributed by atoms with E-state index in [0.29, 0.717) is 41.1 Å². The first-order chi connectivity index (χ1) is 13.1. The molecule has 1 aromatic heterocycles. The summed E-state index contributed by atoms with van der Waals surface area (Å²) in [6.07, 6.45) is 0.465. The van der Waals surface area contributed by atoms with Crippen LogP contribution in [0, 0.1) is 0 Å². The van der Waals surface area contributed by atoms with Crippen LogP contribution in [0.25, 0.3) is 11.5 Å². The summed E-state index contributed by atoms with van der Waals surface area (Å²) in [6, 6.07) is 14.1. The number of halogens is 1. The average Bonchev–Trinajstić information content (AvgIpc) is 3.16. The van der Waals surface area contributed by atoms with E-state index in [2.05, 4.69) is 15.5 Å². The van der Waals surface area contributed by atoms with Gasteiger partial charge in [0, 0.05) is 30.6 Å².